The van der Waals surface area contributed by atoms with Crippen LogP contribution < -0.4 is 0 Å². The first kappa shape index (κ1) is 9.32. The van der Waals surface area contributed by atoms with E-state index in [0.717, 1.165) is 11.1 Å². The number of allylic oxidation sites excluding steroid dienone is 1. The smallest absolute Gasteiger partial charge is 0.108 e. The van der Waals surface area contributed by atoms with Crippen molar-refractivity contribution < 1.29 is 0 Å². The SMILES string of the molecule is C=N/C=C(\C)c1ccc(N=O)cc1. The molecule has 13 heavy (non-hydrogen) atoms. The van der Waals surface area contributed by atoms with Crippen LogP contribution in [0.25, 0.3) is 5.57 Å². The van der Waals surface area contributed by atoms with Gasteiger partial charge in [0.25, 0.3) is 0 Å². The van der Waals surface area contributed by atoms with E-state index >= 15 is 0 Å². The van der Waals surface area contributed by atoms with Crippen molar-refractivity contribution in [2.45, 2.75) is 6.92 Å². The molecule has 0 aliphatic carbocycles. The second-order valence-electron chi connectivity index (χ2n) is 2.63. The summed E-state index contributed by atoms with van der Waals surface area (Å²) in [5, 5.41) is 2.81. The summed E-state index contributed by atoms with van der Waals surface area (Å²) in [5.74, 6) is 0. The summed E-state index contributed by atoms with van der Waals surface area (Å²) in [4.78, 5) is 13.8. The molecule has 3 heteroatoms. The summed E-state index contributed by atoms with van der Waals surface area (Å²) in [5.41, 5.74) is 2.45. The van der Waals surface area contributed by atoms with E-state index in [1.807, 2.05) is 19.1 Å². The highest BCUT2D eigenvalue weighted by molar-refractivity contribution is 5.65. The standard InChI is InChI=1S/C10H10N2O/c1-8(7-11-2)9-3-5-10(12-13)6-4-9/h3-7H,2H2,1H3/b8-7+. The second-order valence-corrected chi connectivity index (χ2v) is 2.63. The summed E-state index contributed by atoms with van der Waals surface area (Å²) < 4.78 is 0. The minimum atomic E-state index is 0.433. The second kappa shape index (κ2) is 4.30. The van der Waals surface area contributed by atoms with Crippen LogP contribution in [0, 0.1) is 4.91 Å². The van der Waals surface area contributed by atoms with Crippen LogP contribution in [0.2, 0.25) is 0 Å². The fraction of sp³-hybridized carbons (Fsp3) is 0.100. The lowest BCUT2D eigenvalue weighted by atomic mass is 10.1. The third kappa shape index (κ3) is 2.33. The largest absolute Gasteiger partial charge is 0.272 e. The van der Waals surface area contributed by atoms with E-state index < -0.39 is 0 Å². The van der Waals surface area contributed by atoms with Crippen LogP contribution in [0.3, 0.4) is 0 Å². The molecule has 0 atom stereocenters. The lowest BCUT2D eigenvalue weighted by Crippen LogP contribution is -1.76. The van der Waals surface area contributed by atoms with Gasteiger partial charge in [0.15, 0.2) is 0 Å². The molecule has 0 heterocycles. The maximum absolute atomic E-state index is 10.1. The van der Waals surface area contributed by atoms with Crippen molar-refractivity contribution in [3.8, 4) is 0 Å². The predicted octanol–water partition coefficient (Wildman–Crippen LogP) is 3.15. The molecule has 0 aliphatic rings. The molecule has 0 fully saturated rings. The van der Waals surface area contributed by atoms with Crippen molar-refractivity contribution >= 4 is 18.0 Å². The number of nitroso groups, excluding NO2 is 1. The molecular formula is C10H10N2O. The van der Waals surface area contributed by atoms with Crippen molar-refractivity contribution in [2.24, 2.45) is 10.2 Å². The van der Waals surface area contributed by atoms with Crippen molar-refractivity contribution in [1.82, 2.24) is 0 Å². The molecule has 0 aliphatic heterocycles. The van der Waals surface area contributed by atoms with Gasteiger partial charge in [-0.05, 0) is 42.1 Å². The van der Waals surface area contributed by atoms with E-state index in [9.17, 15) is 4.91 Å². The molecule has 0 radical (unpaired) electrons. The number of rotatable bonds is 3. The van der Waals surface area contributed by atoms with Gasteiger partial charge in [-0.2, -0.15) is 0 Å². The minimum Gasteiger partial charge on any atom is -0.272 e. The van der Waals surface area contributed by atoms with Crippen molar-refractivity contribution in [3.63, 3.8) is 0 Å². The Morgan fingerprint density at radius 3 is 2.46 bits per heavy atom. The minimum absolute atomic E-state index is 0.433. The van der Waals surface area contributed by atoms with Gasteiger partial charge in [0.1, 0.15) is 5.69 Å². The molecule has 0 unspecified atom stereocenters. The molecule has 0 bridgehead atoms. The number of nitrogens with zero attached hydrogens (tertiary/aromatic N) is 2. The first-order valence-electron chi connectivity index (χ1n) is 3.84. The van der Waals surface area contributed by atoms with E-state index in [1.54, 1.807) is 18.3 Å². The molecule has 0 N–H and O–H groups in total. The molecule has 66 valence electrons. The maximum atomic E-state index is 10.1. The van der Waals surface area contributed by atoms with Crippen LogP contribution in [-0.2, 0) is 0 Å². The van der Waals surface area contributed by atoms with Gasteiger partial charge in [-0.25, -0.2) is 0 Å². The average molecular weight is 174 g/mol. The zero-order chi connectivity index (χ0) is 9.68. The summed E-state index contributed by atoms with van der Waals surface area (Å²) in [6, 6.07) is 6.99. The summed E-state index contributed by atoms with van der Waals surface area (Å²) in [7, 11) is 0. The number of hydrogen-bond acceptors (Lipinski definition) is 3. The third-order valence-electron chi connectivity index (χ3n) is 1.71. The maximum Gasteiger partial charge on any atom is 0.108 e. The van der Waals surface area contributed by atoms with Crippen molar-refractivity contribution in [2.75, 3.05) is 0 Å². The zero-order valence-electron chi connectivity index (χ0n) is 7.40. The number of aliphatic imine (C=N–C) groups is 1. The van der Waals surface area contributed by atoms with E-state index in [2.05, 4.69) is 16.9 Å². The predicted molar refractivity (Wildman–Crippen MR) is 55.1 cm³/mol. The van der Waals surface area contributed by atoms with E-state index in [1.165, 1.54) is 0 Å². The molecule has 1 rings (SSSR count). The van der Waals surface area contributed by atoms with Gasteiger partial charge >= 0.3 is 0 Å². The molecule has 0 saturated carbocycles. The van der Waals surface area contributed by atoms with Crippen molar-refractivity contribution in [3.05, 3.63) is 40.9 Å². The highest BCUT2D eigenvalue weighted by atomic mass is 16.3. The molecule has 0 spiro atoms. The van der Waals surface area contributed by atoms with Crippen LogP contribution in [0.15, 0.2) is 40.6 Å². The lowest BCUT2D eigenvalue weighted by molar-refractivity contribution is 1.46. The summed E-state index contributed by atoms with van der Waals surface area (Å²) in [6.07, 6.45) is 1.67. The van der Waals surface area contributed by atoms with Gasteiger partial charge in [-0.3, -0.25) is 4.99 Å². The Balaban J connectivity index is 2.98. The topological polar surface area (TPSA) is 41.8 Å². The van der Waals surface area contributed by atoms with Crippen LogP contribution in [0.4, 0.5) is 5.69 Å². The Morgan fingerprint density at radius 2 is 2.00 bits per heavy atom. The molecule has 0 amide bonds. The van der Waals surface area contributed by atoms with Crippen LogP contribution in [0.5, 0.6) is 0 Å². The quantitative estimate of drug-likeness (QED) is 0.512. The zero-order valence-corrected chi connectivity index (χ0v) is 7.40. The van der Waals surface area contributed by atoms with Gasteiger partial charge < -0.3 is 0 Å². The van der Waals surface area contributed by atoms with Gasteiger partial charge in [-0.15, -0.1) is 4.91 Å². The fourth-order valence-electron chi connectivity index (χ4n) is 0.997. The van der Waals surface area contributed by atoms with Gasteiger partial charge in [0, 0.05) is 6.20 Å². The first-order valence-corrected chi connectivity index (χ1v) is 3.84. The Kier molecular flexibility index (Phi) is 3.09. The first-order chi connectivity index (χ1) is 6.27. The molecule has 3 nitrogen and oxygen atoms in total. The fourth-order valence-corrected chi connectivity index (χ4v) is 0.997. The van der Waals surface area contributed by atoms with Crippen LogP contribution in [0.1, 0.15) is 12.5 Å². The van der Waals surface area contributed by atoms with Crippen LogP contribution >= 0.6 is 0 Å². The molecule has 0 saturated heterocycles. The average Bonchev–Trinajstić information content (AvgIpc) is 2.18. The monoisotopic (exact) mass is 174 g/mol. The lowest BCUT2D eigenvalue weighted by Gasteiger charge is -1.98. The number of hydrogen-bond donors (Lipinski definition) is 0. The third-order valence-corrected chi connectivity index (χ3v) is 1.71. The van der Waals surface area contributed by atoms with Gasteiger partial charge in [-0.1, -0.05) is 12.1 Å². The summed E-state index contributed by atoms with van der Waals surface area (Å²) >= 11 is 0. The highest BCUT2D eigenvalue weighted by Gasteiger charge is 1.95. The molecule has 1 aromatic rings. The highest BCUT2D eigenvalue weighted by Crippen LogP contribution is 2.18. The van der Waals surface area contributed by atoms with E-state index in [0.29, 0.717) is 5.69 Å². The number of benzene rings is 1. The Bertz CT molecular complexity index is 338. The molecular weight excluding hydrogens is 164 g/mol. The van der Waals surface area contributed by atoms with Crippen molar-refractivity contribution in [1.29, 1.82) is 0 Å². The Hall–Kier alpha value is -1.77. The van der Waals surface area contributed by atoms with E-state index in [4.69, 9.17) is 0 Å². The summed E-state index contributed by atoms with van der Waals surface area (Å²) in [6.45, 7) is 5.29. The van der Waals surface area contributed by atoms with Gasteiger partial charge in [0.05, 0.1) is 0 Å². The van der Waals surface area contributed by atoms with E-state index in [-0.39, 0.29) is 0 Å². The Morgan fingerprint density at radius 1 is 1.38 bits per heavy atom. The van der Waals surface area contributed by atoms with Gasteiger partial charge in [0.2, 0.25) is 0 Å². The van der Waals surface area contributed by atoms with Crippen LogP contribution in [-0.4, -0.2) is 6.72 Å². The molecule has 0 aromatic heterocycles. The normalized spacial score (nSPS) is 11.0. The molecule has 1 aromatic carbocycles. The Labute approximate surface area is 76.8 Å².